The molecule has 6 unspecified atom stereocenters. The van der Waals surface area contributed by atoms with Gasteiger partial charge in [0.2, 0.25) is 0 Å². The van der Waals surface area contributed by atoms with E-state index in [0.717, 1.165) is 42.3 Å². The maximum atomic E-state index is 3.78. The Bertz CT molecular complexity index is 330. The van der Waals surface area contributed by atoms with Gasteiger partial charge in [0.15, 0.2) is 0 Å². The molecule has 0 saturated heterocycles. The van der Waals surface area contributed by atoms with E-state index in [2.05, 4.69) is 31.1 Å². The largest absolute Gasteiger partial charge is 0.313 e. The zero-order valence-corrected chi connectivity index (χ0v) is 14.5. The summed E-state index contributed by atoms with van der Waals surface area (Å²) in [5.41, 5.74) is 0. The molecular weight excluding hydrogens is 256 g/mol. The summed E-state index contributed by atoms with van der Waals surface area (Å²) < 4.78 is 0. The number of likely N-dealkylation sites (N-methyl/N-ethyl adjacent to an activating group) is 2. The first-order chi connectivity index (χ1) is 10.2. The number of rotatable bonds is 6. The van der Waals surface area contributed by atoms with Crippen LogP contribution in [0.25, 0.3) is 0 Å². The molecule has 2 heteroatoms. The average Bonchev–Trinajstić information content (AvgIpc) is 3.10. The number of hydrogen-bond donors (Lipinski definition) is 1. The van der Waals surface area contributed by atoms with E-state index in [1.807, 2.05) is 0 Å². The van der Waals surface area contributed by atoms with Crippen LogP contribution in [0.1, 0.15) is 65.2 Å². The molecule has 1 N–H and O–H groups in total. The Morgan fingerprint density at radius 2 is 1.86 bits per heavy atom. The first-order valence-corrected chi connectivity index (χ1v) is 9.64. The van der Waals surface area contributed by atoms with E-state index in [9.17, 15) is 0 Å². The van der Waals surface area contributed by atoms with Gasteiger partial charge in [0.25, 0.3) is 0 Å². The van der Waals surface area contributed by atoms with Gasteiger partial charge in [-0.2, -0.15) is 0 Å². The molecule has 6 atom stereocenters. The lowest BCUT2D eigenvalue weighted by Crippen LogP contribution is -2.53. The summed E-state index contributed by atoms with van der Waals surface area (Å²) in [6.45, 7) is 7.13. The lowest BCUT2D eigenvalue weighted by molar-refractivity contribution is 0.0934. The molecule has 0 aromatic rings. The molecule has 3 rings (SSSR count). The van der Waals surface area contributed by atoms with Gasteiger partial charge in [-0.05, 0) is 75.8 Å². The second kappa shape index (κ2) is 7.00. The number of hydrogen-bond acceptors (Lipinski definition) is 2. The summed E-state index contributed by atoms with van der Waals surface area (Å²) in [6, 6.07) is 1.52. The van der Waals surface area contributed by atoms with Crippen molar-refractivity contribution in [2.24, 2.45) is 23.7 Å². The highest BCUT2D eigenvalue weighted by molar-refractivity contribution is 4.94. The maximum Gasteiger partial charge on any atom is 0.0249 e. The zero-order valence-electron chi connectivity index (χ0n) is 14.5. The fourth-order valence-electron chi connectivity index (χ4n) is 5.69. The van der Waals surface area contributed by atoms with Crippen molar-refractivity contribution in [3.63, 3.8) is 0 Å². The molecule has 0 aliphatic heterocycles. The molecule has 3 fully saturated rings. The fourth-order valence-corrected chi connectivity index (χ4v) is 5.69. The van der Waals surface area contributed by atoms with Crippen LogP contribution in [0.5, 0.6) is 0 Å². The Hall–Kier alpha value is -0.0800. The highest BCUT2D eigenvalue weighted by atomic mass is 15.2. The molecule has 0 amide bonds. The molecular formula is C19H36N2. The summed E-state index contributed by atoms with van der Waals surface area (Å²) in [4.78, 5) is 2.75. The van der Waals surface area contributed by atoms with E-state index < -0.39 is 0 Å². The third kappa shape index (κ3) is 3.47. The lowest BCUT2D eigenvalue weighted by atomic mass is 9.79. The van der Waals surface area contributed by atoms with Crippen molar-refractivity contribution in [2.45, 2.75) is 77.3 Å². The fraction of sp³-hybridized carbons (Fsp3) is 1.00. The second-order valence-electron chi connectivity index (χ2n) is 8.19. The molecule has 0 aromatic carbocycles. The van der Waals surface area contributed by atoms with Gasteiger partial charge in [0.1, 0.15) is 0 Å². The molecule has 0 heterocycles. The highest BCUT2D eigenvalue weighted by Gasteiger charge is 2.41. The SMILES string of the molecule is CCNC1CCC(CC)CC1N(C)CC1CC2CCC1C2. The molecule has 2 nitrogen and oxygen atoms in total. The van der Waals surface area contributed by atoms with Gasteiger partial charge in [-0.15, -0.1) is 0 Å². The Morgan fingerprint density at radius 3 is 2.48 bits per heavy atom. The predicted octanol–water partition coefficient (Wildman–Crippen LogP) is 3.91. The predicted molar refractivity (Wildman–Crippen MR) is 90.5 cm³/mol. The first kappa shape index (κ1) is 15.8. The van der Waals surface area contributed by atoms with Gasteiger partial charge in [-0.25, -0.2) is 0 Å². The van der Waals surface area contributed by atoms with E-state index in [4.69, 9.17) is 0 Å². The van der Waals surface area contributed by atoms with E-state index in [1.54, 1.807) is 6.42 Å². The van der Waals surface area contributed by atoms with E-state index in [0.29, 0.717) is 0 Å². The molecule has 3 saturated carbocycles. The normalized spacial score (nSPS) is 42.9. The monoisotopic (exact) mass is 292 g/mol. The van der Waals surface area contributed by atoms with E-state index in [1.165, 1.54) is 51.5 Å². The van der Waals surface area contributed by atoms with Gasteiger partial charge >= 0.3 is 0 Å². The number of fused-ring (bicyclic) bond motifs is 2. The van der Waals surface area contributed by atoms with Crippen molar-refractivity contribution in [3.8, 4) is 0 Å². The second-order valence-corrected chi connectivity index (χ2v) is 8.19. The van der Waals surface area contributed by atoms with Crippen molar-refractivity contribution >= 4 is 0 Å². The summed E-state index contributed by atoms with van der Waals surface area (Å²) in [5, 5.41) is 3.78. The van der Waals surface area contributed by atoms with Crippen LogP contribution < -0.4 is 5.32 Å². The smallest absolute Gasteiger partial charge is 0.0249 e. The third-order valence-corrected chi connectivity index (χ3v) is 6.94. The van der Waals surface area contributed by atoms with Crippen molar-refractivity contribution in [2.75, 3.05) is 20.1 Å². The minimum atomic E-state index is 0.737. The summed E-state index contributed by atoms with van der Waals surface area (Å²) in [6.07, 6.45) is 11.8. The molecule has 0 radical (unpaired) electrons. The third-order valence-electron chi connectivity index (χ3n) is 6.94. The molecule has 122 valence electrons. The topological polar surface area (TPSA) is 15.3 Å². The highest BCUT2D eigenvalue weighted by Crippen LogP contribution is 2.48. The van der Waals surface area contributed by atoms with Crippen LogP contribution in [0.4, 0.5) is 0 Å². The Kier molecular flexibility index (Phi) is 5.27. The molecule has 0 aromatic heterocycles. The molecule has 0 spiro atoms. The summed E-state index contributed by atoms with van der Waals surface area (Å²) >= 11 is 0. The molecule has 3 aliphatic carbocycles. The van der Waals surface area contributed by atoms with Crippen LogP contribution in [-0.4, -0.2) is 37.1 Å². The van der Waals surface area contributed by atoms with Gasteiger partial charge < -0.3 is 10.2 Å². The van der Waals surface area contributed by atoms with Crippen LogP contribution >= 0.6 is 0 Å². The van der Waals surface area contributed by atoms with Gasteiger partial charge in [-0.1, -0.05) is 26.7 Å². The van der Waals surface area contributed by atoms with Crippen molar-refractivity contribution in [3.05, 3.63) is 0 Å². The van der Waals surface area contributed by atoms with Gasteiger partial charge in [0.05, 0.1) is 0 Å². The lowest BCUT2D eigenvalue weighted by Gasteiger charge is -2.43. The molecule has 21 heavy (non-hydrogen) atoms. The van der Waals surface area contributed by atoms with Crippen LogP contribution in [-0.2, 0) is 0 Å². The average molecular weight is 293 g/mol. The summed E-state index contributed by atoms with van der Waals surface area (Å²) in [7, 11) is 2.42. The van der Waals surface area contributed by atoms with Crippen LogP contribution in [0.3, 0.4) is 0 Å². The molecule has 3 aliphatic rings. The van der Waals surface area contributed by atoms with Crippen LogP contribution in [0.2, 0.25) is 0 Å². The first-order valence-electron chi connectivity index (χ1n) is 9.64. The van der Waals surface area contributed by atoms with Crippen LogP contribution in [0.15, 0.2) is 0 Å². The minimum Gasteiger partial charge on any atom is -0.313 e. The quantitative estimate of drug-likeness (QED) is 0.798. The van der Waals surface area contributed by atoms with Crippen molar-refractivity contribution in [1.29, 1.82) is 0 Å². The number of nitrogens with zero attached hydrogens (tertiary/aromatic N) is 1. The Balaban J connectivity index is 1.58. The van der Waals surface area contributed by atoms with E-state index >= 15 is 0 Å². The zero-order chi connectivity index (χ0) is 14.8. The van der Waals surface area contributed by atoms with Crippen LogP contribution in [0, 0.1) is 23.7 Å². The Labute approximate surface area is 132 Å². The van der Waals surface area contributed by atoms with Crippen molar-refractivity contribution < 1.29 is 0 Å². The molecule has 2 bridgehead atoms. The maximum absolute atomic E-state index is 3.78. The summed E-state index contributed by atoms with van der Waals surface area (Å²) in [5.74, 6) is 4.14. The minimum absolute atomic E-state index is 0.737. The van der Waals surface area contributed by atoms with E-state index in [-0.39, 0.29) is 0 Å². The van der Waals surface area contributed by atoms with Gasteiger partial charge in [0, 0.05) is 18.6 Å². The van der Waals surface area contributed by atoms with Crippen molar-refractivity contribution in [1.82, 2.24) is 10.2 Å². The number of nitrogens with one attached hydrogen (secondary N) is 1. The Morgan fingerprint density at radius 1 is 1.00 bits per heavy atom. The standard InChI is InChI=1S/C19H36N2/c1-4-14-7-9-18(20-5-2)19(12-14)21(3)13-17-11-15-6-8-16(17)10-15/h14-20H,4-13H2,1-3H3. The van der Waals surface area contributed by atoms with Gasteiger partial charge in [-0.3, -0.25) is 0 Å².